The predicted octanol–water partition coefficient (Wildman–Crippen LogP) is 4.33. The van der Waals surface area contributed by atoms with Crippen LogP contribution in [0.15, 0.2) is 54.6 Å². The van der Waals surface area contributed by atoms with E-state index in [2.05, 4.69) is 20.8 Å². The van der Waals surface area contributed by atoms with Crippen molar-refractivity contribution >= 4 is 17.8 Å². The first kappa shape index (κ1) is 20.9. The number of carbonyl (C=O) groups is 2. The van der Waals surface area contributed by atoms with Gasteiger partial charge >= 0.3 is 5.97 Å². The lowest BCUT2D eigenvalue weighted by atomic mass is 9.86. The lowest BCUT2D eigenvalue weighted by Gasteiger charge is -2.18. The minimum absolute atomic E-state index is 0.0128. The number of hydrogen-bond acceptors (Lipinski definition) is 5. The number of rotatable bonds is 7. The maximum Gasteiger partial charge on any atom is 0.331 e. The summed E-state index contributed by atoms with van der Waals surface area (Å²) in [6, 6.07) is 16.1. The summed E-state index contributed by atoms with van der Waals surface area (Å²) in [6.07, 6.45) is 2.85. The van der Waals surface area contributed by atoms with Crippen molar-refractivity contribution in [2.24, 2.45) is 0 Å². The summed E-state index contributed by atoms with van der Waals surface area (Å²) >= 11 is 0. The van der Waals surface area contributed by atoms with Gasteiger partial charge in [0.05, 0.1) is 0 Å². The molecule has 0 aliphatic carbocycles. The Balaban J connectivity index is 1.85. The molecule has 0 radical (unpaired) electrons. The highest BCUT2D eigenvalue weighted by Gasteiger charge is 2.14. The molecule has 28 heavy (non-hydrogen) atoms. The van der Waals surface area contributed by atoms with Crippen LogP contribution in [0.1, 0.15) is 42.3 Å². The maximum atomic E-state index is 12.2. The first-order chi connectivity index (χ1) is 13.3. The van der Waals surface area contributed by atoms with Gasteiger partial charge in [0.25, 0.3) is 0 Å². The second-order valence-corrected chi connectivity index (χ2v) is 7.21. The third kappa shape index (κ3) is 6.40. The lowest BCUT2D eigenvalue weighted by molar-refractivity contribution is -0.136. The number of ketones is 1. The zero-order chi connectivity index (χ0) is 20.6. The molecule has 0 unspecified atom stereocenters. The molecule has 2 aromatic rings. The summed E-state index contributed by atoms with van der Waals surface area (Å²) < 4.78 is 10.2. The first-order valence-electron chi connectivity index (χ1n) is 8.88. The highest BCUT2D eigenvalue weighted by molar-refractivity contribution is 5.98. The zero-order valence-electron chi connectivity index (χ0n) is 16.3. The van der Waals surface area contributed by atoms with Crippen molar-refractivity contribution in [2.75, 3.05) is 13.2 Å². The van der Waals surface area contributed by atoms with Crippen LogP contribution in [0.25, 0.3) is 6.08 Å². The van der Waals surface area contributed by atoms with Crippen molar-refractivity contribution < 1.29 is 19.1 Å². The van der Waals surface area contributed by atoms with E-state index in [0.29, 0.717) is 11.3 Å². The van der Waals surface area contributed by atoms with E-state index >= 15 is 0 Å². The van der Waals surface area contributed by atoms with Gasteiger partial charge in [-0.05, 0) is 34.8 Å². The van der Waals surface area contributed by atoms with Crippen LogP contribution < -0.4 is 4.74 Å². The molecule has 0 aliphatic rings. The monoisotopic (exact) mass is 377 g/mol. The molecular formula is C23H23NO4. The van der Waals surface area contributed by atoms with Gasteiger partial charge in [-0.2, -0.15) is 5.26 Å². The number of Topliss-reactive ketones (excluding diaryl/α,β-unsaturated/α-hetero) is 1. The molecular weight excluding hydrogens is 354 g/mol. The van der Waals surface area contributed by atoms with Crippen LogP contribution in [0, 0.1) is 11.3 Å². The van der Waals surface area contributed by atoms with Crippen LogP contribution in [0.5, 0.6) is 5.75 Å². The van der Waals surface area contributed by atoms with Gasteiger partial charge in [0.2, 0.25) is 0 Å². The molecule has 0 N–H and O–H groups in total. The van der Waals surface area contributed by atoms with Gasteiger partial charge in [0.1, 0.15) is 11.8 Å². The summed E-state index contributed by atoms with van der Waals surface area (Å²) in [5.41, 5.74) is 2.43. The topological polar surface area (TPSA) is 76.4 Å². The van der Waals surface area contributed by atoms with E-state index in [1.54, 1.807) is 42.5 Å². The standard InChI is InChI=1S/C23H23NO4/c1-23(2,3)19-9-7-18(8-10-19)21(25)16-28-22(26)13-6-17-4-11-20(12-5-17)27-15-14-24/h4-13H,15-16H2,1-3H3/b13-6+. The molecule has 0 fully saturated rings. The second-order valence-electron chi connectivity index (χ2n) is 7.21. The molecule has 5 nitrogen and oxygen atoms in total. The van der Waals surface area contributed by atoms with Crippen LogP contribution in [0.3, 0.4) is 0 Å². The molecule has 2 rings (SSSR count). The fourth-order valence-corrected chi connectivity index (χ4v) is 2.38. The van der Waals surface area contributed by atoms with Crippen LogP contribution >= 0.6 is 0 Å². The quantitative estimate of drug-likeness (QED) is 0.408. The Morgan fingerprint density at radius 3 is 2.25 bits per heavy atom. The van der Waals surface area contributed by atoms with E-state index in [9.17, 15) is 9.59 Å². The van der Waals surface area contributed by atoms with Crippen molar-refractivity contribution in [1.82, 2.24) is 0 Å². The SMILES string of the molecule is CC(C)(C)c1ccc(C(=O)COC(=O)/C=C/c2ccc(OCC#N)cc2)cc1. The van der Waals surface area contributed by atoms with E-state index < -0.39 is 5.97 Å². The molecule has 5 heteroatoms. The largest absolute Gasteiger partial charge is 0.479 e. The third-order valence-electron chi connectivity index (χ3n) is 4.01. The van der Waals surface area contributed by atoms with Crippen LogP contribution in [0.2, 0.25) is 0 Å². The van der Waals surface area contributed by atoms with Gasteiger partial charge in [-0.1, -0.05) is 57.2 Å². The molecule has 0 saturated heterocycles. The van der Waals surface area contributed by atoms with Crippen LogP contribution in [-0.2, 0) is 14.9 Å². The Morgan fingerprint density at radius 1 is 1.04 bits per heavy atom. The summed E-state index contributed by atoms with van der Waals surface area (Å²) in [6.45, 7) is 5.98. The van der Waals surface area contributed by atoms with E-state index in [1.165, 1.54) is 6.08 Å². The Kier molecular flexibility index (Phi) is 7.11. The Labute approximate surface area is 165 Å². The van der Waals surface area contributed by atoms with Crippen LogP contribution in [0.4, 0.5) is 0 Å². The van der Waals surface area contributed by atoms with Gasteiger partial charge in [-0.15, -0.1) is 0 Å². The van der Waals surface area contributed by atoms with E-state index in [-0.39, 0.29) is 24.4 Å². The van der Waals surface area contributed by atoms with Crippen molar-refractivity contribution in [2.45, 2.75) is 26.2 Å². The van der Waals surface area contributed by atoms with Crippen molar-refractivity contribution in [3.63, 3.8) is 0 Å². The number of ether oxygens (including phenoxy) is 2. The van der Waals surface area contributed by atoms with Crippen molar-refractivity contribution in [3.8, 4) is 11.8 Å². The number of nitrogens with zero attached hydrogens (tertiary/aromatic N) is 1. The highest BCUT2D eigenvalue weighted by Crippen LogP contribution is 2.22. The number of esters is 1. The molecule has 144 valence electrons. The molecule has 0 atom stereocenters. The van der Waals surface area contributed by atoms with Crippen molar-refractivity contribution in [3.05, 3.63) is 71.3 Å². The zero-order valence-corrected chi connectivity index (χ0v) is 16.3. The van der Waals surface area contributed by atoms with Gasteiger partial charge in [0.15, 0.2) is 19.0 Å². The number of nitriles is 1. The number of hydrogen-bond donors (Lipinski definition) is 0. The Morgan fingerprint density at radius 2 is 1.68 bits per heavy atom. The fourth-order valence-electron chi connectivity index (χ4n) is 2.38. The average Bonchev–Trinajstić information content (AvgIpc) is 2.69. The fraction of sp³-hybridized carbons (Fsp3) is 0.261. The first-order valence-corrected chi connectivity index (χ1v) is 8.88. The summed E-state index contributed by atoms with van der Waals surface area (Å²) in [5.74, 6) is -0.268. The molecule has 0 saturated carbocycles. The van der Waals surface area contributed by atoms with E-state index in [0.717, 1.165) is 11.1 Å². The normalized spacial score (nSPS) is 11.1. The highest BCUT2D eigenvalue weighted by atomic mass is 16.5. The molecule has 0 spiro atoms. The Bertz CT molecular complexity index is 882. The van der Waals surface area contributed by atoms with Gasteiger partial charge in [0, 0.05) is 11.6 Å². The minimum Gasteiger partial charge on any atom is -0.479 e. The van der Waals surface area contributed by atoms with E-state index in [1.807, 2.05) is 18.2 Å². The second kappa shape index (κ2) is 9.52. The van der Waals surface area contributed by atoms with E-state index in [4.69, 9.17) is 14.7 Å². The predicted molar refractivity (Wildman–Crippen MR) is 107 cm³/mol. The lowest BCUT2D eigenvalue weighted by Crippen LogP contribution is -2.14. The van der Waals surface area contributed by atoms with Gasteiger partial charge < -0.3 is 9.47 Å². The summed E-state index contributed by atoms with van der Waals surface area (Å²) in [7, 11) is 0. The Hall–Kier alpha value is -3.39. The summed E-state index contributed by atoms with van der Waals surface area (Å²) in [5, 5.41) is 8.47. The summed E-state index contributed by atoms with van der Waals surface area (Å²) in [4.78, 5) is 24.0. The molecule has 0 aromatic heterocycles. The molecule has 0 amide bonds. The van der Waals surface area contributed by atoms with Crippen LogP contribution in [-0.4, -0.2) is 25.0 Å². The average molecular weight is 377 g/mol. The molecule has 0 aliphatic heterocycles. The van der Waals surface area contributed by atoms with Gasteiger partial charge in [-0.25, -0.2) is 4.79 Å². The van der Waals surface area contributed by atoms with Crippen molar-refractivity contribution in [1.29, 1.82) is 5.26 Å². The molecule has 0 heterocycles. The maximum absolute atomic E-state index is 12.2. The number of benzene rings is 2. The minimum atomic E-state index is -0.593. The number of carbonyl (C=O) groups excluding carboxylic acids is 2. The third-order valence-corrected chi connectivity index (χ3v) is 4.01. The molecule has 0 bridgehead atoms. The smallest absolute Gasteiger partial charge is 0.331 e. The molecule has 2 aromatic carbocycles. The van der Waals surface area contributed by atoms with Gasteiger partial charge in [-0.3, -0.25) is 4.79 Å².